The van der Waals surface area contributed by atoms with Gasteiger partial charge in [0.1, 0.15) is 11.5 Å². The van der Waals surface area contributed by atoms with E-state index in [0.717, 1.165) is 5.56 Å². The zero-order valence-corrected chi connectivity index (χ0v) is 11.5. The Morgan fingerprint density at radius 3 is 2.57 bits per heavy atom. The van der Waals surface area contributed by atoms with Gasteiger partial charge in [0, 0.05) is 11.8 Å². The molecule has 0 radical (unpaired) electrons. The number of hydrogen-bond acceptors (Lipinski definition) is 4. The molecule has 2 aromatic rings. The average Bonchev–Trinajstić information content (AvgIpc) is 2.49. The Bertz CT molecular complexity index is 688. The highest BCUT2D eigenvalue weighted by molar-refractivity contribution is 6.06. The second-order valence-corrected chi connectivity index (χ2v) is 4.37. The van der Waals surface area contributed by atoms with Crippen LogP contribution in [0.15, 0.2) is 42.5 Å². The van der Waals surface area contributed by atoms with E-state index >= 15 is 0 Å². The number of rotatable bonds is 4. The van der Waals surface area contributed by atoms with E-state index in [1.807, 2.05) is 0 Å². The highest BCUT2D eigenvalue weighted by Crippen LogP contribution is 2.24. The van der Waals surface area contributed by atoms with Gasteiger partial charge in [0.2, 0.25) is 0 Å². The first-order chi connectivity index (χ1) is 10.1. The van der Waals surface area contributed by atoms with Crippen LogP contribution >= 0.6 is 0 Å². The van der Waals surface area contributed by atoms with Gasteiger partial charge >= 0.3 is 0 Å². The summed E-state index contributed by atoms with van der Waals surface area (Å²) in [4.78, 5) is 12.1. The minimum atomic E-state index is -0.414. The molecule has 0 aliphatic rings. The second-order valence-electron chi connectivity index (χ2n) is 4.37. The minimum Gasteiger partial charge on any atom is -0.507 e. The zero-order chi connectivity index (χ0) is 15.2. The van der Waals surface area contributed by atoms with Crippen LogP contribution in [-0.4, -0.2) is 18.1 Å². The van der Waals surface area contributed by atoms with Crippen molar-refractivity contribution in [1.82, 2.24) is 0 Å². The fourth-order valence-corrected chi connectivity index (χ4v) is 1.83. The van der Waals surface area contributed by atoms with Gasteiger partial charge in [-0.3, -0.25) is 4.79 Å². The molecule has 21 heavy (non-hydrogen) atoms. The number of methoxy groups -OCH3 is 1. The van der Waals surface area contributed by atoms with Crippen LogP contribution in [0.4, 0.5) is 5.69 Å². The van der Waals surface area contributed by atoms with Gasteiger partial charge in [-0.25, -0.2) is 0 Å². The Hall–Kier alpha value is -3.00. The zero-order valence-electron chi connectivity index (χ0n) is 11.5. The van der Waals surface area contributed by atoms with Crippen molar-refractivity contribution >= 4 is 11.6 Å². The largest absolute Gasteiger partial charge is 0.507 e. The topological polar surface area (TPSA) is 82.3 Å². The van der Waals surface area contributed by atoms with Crippen LogP contribution in [0.1, 0.15) is 15.9 Å². The van der Waals surface area contributed by atoms with Crippen molar-refractivity contribution in [3.63, 3.8) is 0 Å². The molecule has 0 bridgehead atoms. The van der Waals surface area contributed by atoms with Crippen molar-refractivity contribution in [3.05, 3.63) is 53.6 Å². The van der Waals surface area contributed by atoms with Crippen LogP contribution in [0.3, 0.4) is 0 Å². The van der Waals surface area contributed by atoms with E-state index in [1.165, 1.54) is 19.2 Å². The van der Waals surface area contributed by atoms with Gasteiger partial charge < -0.3 is 15.2 Å². The third kappa shape index (κ3) is 3.51. The van der Waals surface area contributed by atoms with Gasteiger partial charge in [0.25, 0.3) is 5.91 Å². The van der Waals surface area contributed by atoms with Gasteiger partial charge in [-0.2, -0.15) is 5.26 Å². The summed E-state index contributed by atoms with van der Waals surface area (Å²) in [5.41, 5.74) is 1.64. The molecule has 2 rings (SSSR count). The number of nitrogens with zero attached hydrogens (tertiary/aromatic N) is 1. The molecule has 5 heteroatoms. The number of aromatic hydroxyl groups is 1. The first-order valence-electron chi connectivity index (χ1n) is 6.28. The van der Waals surface area contributed by atoms with Gasteiger partial charge in [-0.1, -0.05) is 12.1 Å². The molecule has 0 fully saturated rings. The lowest BCUT2D eigenvalue weighted by Crippen LogP contribution is -2.12. The molecular formula is C16H14N2O3. The Morgan fingerprint density at radius 1 is 1.29 bits per heavy atom. The molecule has 0 aromatic heterocycles. The Balaban J connectivity index is 2.12. The summed E-state index contributed by atoms with van der Waals surface area (Å²) >= 11 is 0. The number of amides is 1. The number of hydrogen-bond donors (Lipinski definition) is 2. The number of benzene rings is 2. The van der Waals surface area contributed by atoms with Crippen molar-refractivity contribution in [2.75, 3.05) is 12.4 Å². The Morgan fingerprint density at radius 2 is 2.00 bits per heavy atom. The highest BCUT2D eigenvalue weighted by Gasteiger charge is 2.12. The Kier molecular flexibility index (Phi) is 4.42. The average molecular weight is 282 g/mol. The van der Waals surface area contributed by atoms with E-state index < -0.39 is 5.91 Å². The number of ether oxygens (including phenoxy) is 1. The van der Waals surface area contributed by atoms with Gasteiger partial charge in [0.15, 0.2) is 0 Å². The van der Waals surface area contributed by atoms with E-state index in [2.05, 4.69) is 11.4 Å². The number of phenolic OH excluding ortho intramolecular Hbond substituents is 1. The molecule has 0 saturated carbocycles. The van der Waals surface area contributed by atoms with Crippen LogP contribution < -0.4 is 10.1 Å². The minimum absolute atomic E-state index is 0.145. The van der Waals surface area contributed by atoms with Gasteiger partial charge in [0.05, 0.1) is 25.2 Å². The van der Waals surface area contributed by atoms with Crippen molar-refractivity contribution in [2.24, 2.45) is 0 Å². The molecule has 2 aromatic carbocycles. The van der Waals surface area contributed by atoms with Crippen molar-refractivity contribution in [3.8, 4) is 17.6 Å². The van der Waals surface area contributed by atoms with Crippen LogP contribution in [0, 0.1) is 11.3 Å². The van der Waals surface area contributed by atoms with Crippen molar-refractivity contribution in [2.45, 2.75) is 6.42 Å². The quantitative estimate of drug-likeness (QED) is 0.903. The third-order valence-electron chi connectivity index (χ3n) is 2.94. The van der Waals surface area contributed by atoms with Crippen molar-refractivity contribution in [1.29, 1.82) is 5.26 Å². The molecule has 0 spiro atoms. The number of carbonyl (C=O) groups is 1. The predicted octanol–water partition coefficient (Wildman–Crippen LogP) is 2.72. The number of anilines is 1. The lowest BCUT2D eigenvalue weighted by Gasteiger charge is -2.08. The second kappa shape index (κ2) is 6.44. The first-order valence-corrected chi connectivity index (χ1v) is 6.28. The maximum Gasteiger partial charge on any atom is 0.259 e. The predicted molar refractivity (Wildman–Crippen MR) is 78.4 cm³/mol. The monoisotopic (exact) mass is 282 g/mol. The van der Waals surface area contributed by atoms with E-state index in [4.69, 9.17) is 10.00 Å². The molecule has 106 valence electrons. The molecule has 2 N–H and O–H groups in total. The molecule has 1 amide bonds. The molecule has 0 unspecified atom stereocenters. The lowest BCUT2D eigenvalue weighted by atomic mass is 10.1. The molecule has 0 aliphatic heterocycles. The number of nitriles is 1. The molecule has 0 heterocycles. The van der Waals surface area contributed by atoms with E-state index in [1.54, 1.807) is 30.3 Å². The Labute approximate surface area is 122 Å². The summed E-state index contributed by atoms with van der Waals surface area (Å²) in [6, 6.07) is 13.5. The molecule has 0 saturated heterocycles. The normalized spacial score (nSPS) is 9.71. The van der Waals surface area contributed by atoms with Crippen molar-refractivity contribution < 1.29 is 14.6 Å². The number of carbonyl (C=O) groups excluding carboxylic acids is 1. The molecule has 5 nitrogen and oxygen atoms in total. The summed E-state index contributed by atoms with van der Waals surface area (Å²) in [6.07, 6.45) is 0.327. The molecule has 0 aliphatic carbocycles. The van der Waals surface area contributed by atoms with Crippen LogP contribution in [0.25, 0.3) is 0 Å². The lowest BCUT2D eigenvalue weighted by molar-refractivity contribution is 0.102. The standard InChI is InChI=1S/C16H14N2O3/c1-21-13-6-7-14(15(19)10-13)16(20)18-12-4-2-11(3-5-12)8-9-17/h2-7,10,19H,8H2,1H3,(H,18,20). The summed E-state index contributed by atoms with van der Waals surface area (Å²) in [7, 11) is 1.48. The molecule has 0 atom stereocenters. The highest BCUT2D eigenvalue weighted by atomic mass is 16.5. The fraction of sp³-hybridized carbons (Fsp3) is 0.125. The SMILES string of the molecule is COc1ccc(C(=O)Nc2ccc(CC#N)cc2)c(O)c1. The van der Waals surface area contributed by atoms with E-state index in [0.29, 0.717) is 17.9 Å². The van der Waals surface area contributed by atoms with E-state index in [-0.39, 0.29) is 11.3 Å². The third-order valence-corrected chi connectivity index (χ3v) is 2.94. The summed E-state index contributed by atoms with van der Waals surface area (Å²) in [5, 5.41) is 21.1. The summed E-state index contributed by atoms with van der Waals surface area (Å²) in [5.74, 6) is -0.0824. The number of nitrogens with one attached hydrogen (secondary N) is 1. The first kappa shape index (κ1) is 14.4. The number of phenols is 1. The van der Waals surface area contributed by atoms with E-state index in [9.17, 15) is 9.90 Å². The molecular weight excluding hydrogens is 268 g/mol. The fourth-order valence-electron chi connectivity index (χ4n) is 1.83. The van der Waals surface area contributed by atoms with Gasteiger partial charge in [-0.15, -0.1) is 0 Å². The maximum absolute atomic E-state index is 12.1. The van der Waals surface area contributed by atoms with Crippen LogP contribution in [0.5, 0.6) is 11.5 Å². The smallest absolute Gasteiger partial charge is 0.259 e. The summed E-state index contributed by atoms with van der Waals surface area (Å²) in [6.45, 7) is 0. The van der Waals surface area contributed by atoms with Crippen LogP contribution in [-0.2, 0) is 6.42 Å². The van der Waals surface area contributed by atoms with Crippen LogP contribution in [0.2, 0.25) is 0 Å². The summed E-state index contributed by atoms with van der Waals surface area (Å²) < 4.78 is 4.97. The maximum atomic E-state index is 12.1. The van der Waals surface area contributed by atoms with Gasteiger partial charge in [-0.05, 0) is 29.8 Å².